The summed E-state index contributed by atoms with van der Waals surface area (Å²) in [4.78, 5) is 0. The lowest BCUT2D eigenvalue weighted by Gasteiger charge is -2.08. The normalized spacial score (nSPS) is 11.8. The summed E-state index contributed by atoms with van der Waals surface area (Å²) in [6.07, 6.45) is -0.0342. The van der Waals surface area contributed by atoms with Gasteiger partial charge >= 0.3 is 0 Å². The molecule has 1 aromatic rings. The summed E-state index contributed by atoms with van der Waals surface area (Å²) in [6, 6.07) is 8.96. The maximum Gasteiger partial charge on any atom is 0.120 e. The van der Waals surface area contributed by atoms with Gasteiger partial charge in [-0.2, -0.15) is 5.26 Å². The van der Waals surface area contributed by atoms with Crippen molar-refractivity contribution in [3.63, 3.8) is 0 Å². The van der Waals surface area contributed by atoms with Crippen molar-refractivity contribution in [2.75, 3.05) is 6.61 Å². The first-order valence-electron chi connectivity index (χ1n) is 4.66. The Morgan fingerprint density at radius 2 is 2.33 bits per heavy atom. The SMILES string of the molecule is N#CCC(O)CCOc1cccc(Cl)c1. The van der Waals surface area contributed by atoms with Crippen molar-refractivity contribution >= 4 is 11.6 Å². The minimum atomic E-state index is -0.616. The standard InChI is InChI=1S/C11H12ClNO2/c12-9-2-1-3-11(8-9)15-7-5-10(14)4-6-13/h1-3,8,10,14H,4-5,7H2. The van der Waals surface area contributed by atoms with Gasteiger partial charge in [0.25, 0.3) is 0 Å². The quantitative estimate of drug-likeness (QED) is 0.837. The predicted molar refractivity (Wildman–Crippen MR) is 57.8 cm³/mol. The van der Waals surface area contributed by atoms with E-state index in [2.05, 4.69) is 0 Å². The third kappa shape index (κ3) is 4.68. The van der Waals surface area contributed by atoms with Crippen LogP contribution in [0.5, 0.6) is 5.75 Å². The molecule has 0 spiro atoms. The van der Waals surface area contributed by atoms with E-state index >= 15 is 0 Å². The summed E-state index contributed by atoms with van der Waals surface area (Å²) in [6.45, 7) is 0.378. The van der Waals surface area contributed by atoms with Crippen LogP contribution in [0.4, 0.5) is 0 Å². The van der Waals surface area contributed by atoms with Gasteiger partial charge < -0.3 is 9.84 Å². The van der Waals surface area contributed by atoms with E-state index in [4.69, 9.17) is 21.6 Å². The van der Waals surface area contributed by atoms with Crippen LogP contribution >= 0.6 is 11.6 Å². The fourth-order valence-electron chi connectivity index (χ4n) is 1.08. The summed E-state index contributed by atoms with van der Waals surface area (Å²) >= 11 is 5.76. The molecule has 0 heterocycles. The molecule has 0 saturated carbocycles. The lowest BCUT2D eigenvalue weighted by Crippen LogP contribution is -2.10. The van der Waals surface area contributed by atoms with E-state index in [1.165, 1.54) is 0 Å². The van der Waals surface area contributed by atoms with E-state index < -0.39 is 6.10 Å². The van der Waals surface area contributed by atoms with Crippen LogP contribution < -0.4 is 4.74 Å². The first-order valence-corrected chi connectivity index (χ1v) is 5.03. The Bertz CT molecular complexity index is 349. The second-order valence-electron chi connectivity index (χ2n) is 3.11. The fraction of sp³-hybridized carbons (Fsp3) is 0.364. The molecule has 1 atom stereocenters. The highest BCUT2D eigenvalue weighted by Crippen LogP contribution is 2.17. The smallest absolute Gasteiger partial charge is 0.120 e. The Hall–Kier alpha value is -1.24. The molecule has 0 saturated heterocycles. The molecule has 0 amide bonds. The van der Waals surface area contributed by atoms with Crippen molar-refractivity contribution < 1.29 is 9.84 Å². The van der Waals surface area contributed by atoms with Crippen molar-refractivity contribution in [1.29, 1.82) is 5.26 Å². The second-order valence-corrected chi connectivity index (χ2v) is 3.55. The monoisotopic (exact) mass is 225 g/mol. The molecule has 0 aliphatic rings. The molecule has 4 heteroatoms. The summed E-state index contributed by atoms with van der Waals surface area (Å²) in [5.41, 5.74) is 0. The van der Waals surface area contributed by atoms with Crippen molar-refractivity contribution in [2.45, 2.75) is 18.9 Å². The number of aliphatic hydroxyl groups excluding tert-OH is 1. The van der Waals surface area contributed by atoms with Crippen LogP contribution in [0.2, 0.25) is 5.02 Å². The van der Waals surface area contributed by atoms with Crippen LogP contribution in [0.25, 0.3) is 0 Å². The molecule has 0 radical (unpaired) electrons. The number of hydrogen-bond acceptors (Lipinski definition) is 3. The zero-order chi connectivity index (χ0) is 11.1. The molecule has 80 valence electrons. The number of rotatable bonds is 5. The van der Waals surface area contributed by atoms with Crippen molar-refractivity contribution in [2.24, 2.45) is 0 Å². The minimum absolute atomic E-state index is 0.138. The number of benzene rings is 1. The van der Waals surface area contributed by atoms with E-state index in [0.29, 0.717) is 23.8 Å². The van der Waals surface area contributed by atoms with Gasteiger partial charge in [-0.3, -0.25) is 0 Å². The minimum Gasteiger partial charge on any atom is -0.493 e. The van der Waals surface area contributed by atoms with Crippen LogP contribution in [0.3, 0.4) is 0 Å². The Kier molecular flexibility index (Phi) is 4.96. The zero-order valence-corrected chi connectivity index (χ0v) is 8.94. The molecule has 3 nitrogen and oxygen atoms in total. The average molecular weight is 226 g/mol. The number of nitriles is 1. The molecule has 0 aliphatic heterocycles. The summed E-state index contributed by atoms with van der Waals surface area (Å²) in [7, 11) is 0. The molecule has 1 aromatic carbocycles. The zero-order valence-electron chi connectivity index (χ0n) is 8.19. The molecule has 0 bridgehead atoms. The van der Waals surface area contributed by atoms with Gasteiger partial charge in [-0.05, 0) is 18.2 Å². The van der Waals surface area contributed by atoms with Gasteiger partial charge in [-0.15, -0.1) is 0 Å². The van der Waals surface area contributed by atoms with Crippen molar-refractivity contribution in [3.8, 4) is 11.8 Å². The Balaban J connectivity index is 2.29. The molecule has 0 aliphatic carbocycles. The van der Waals surface area contributed by atoms with Gasteiger partial charge in [0.15, 0.2) is 0 Å². The fourth-order valence-corrected chi connectivity index (χ4v) is 1.26. The maximum atomic E-state index is 9.25. The van der Waals surface area contributed by atoms with E-state index in [1.54, 1.807) is 24.3 Å². The first-order chi connectivity index (χ1) is 7.22. The van der Waals surface area contributed by atoms with Gasteiger partial charge in [0.1, 0.15) is 5.75 Å². The first kappa shape index (κ1) is 11.8. The highest BCUT2D eigenvalue weighted by atomic mass is 35.5. The molecular formula is C11H12ClNO2. The Morgan fingerprint density at radius 1 is 1.53 bits per heavy atom. The number of aliphatic hydroxyl groups is 1. The second kappa shape index (κ2) is 6.28. The van der Waals surface area contributed by atoms with Gasteiger partial charge in [0.2, 0.25) is 0 Å². The Labute approximate surface area is 93.9 Å². The molecular weight excluding hydrogens is 214 g/mol. The van der Waals surface area contributed by atoms with Crippen LogP contribution in [-0.4, -0.2) is 17.8 Å². The van der Waals surface area contributed by atoms with Crippen LogP contribution in [0.15, 0.2) is 24.3 Å². The van der Waals surface area contributed by atoms with Crippen LogP contribution in [0, 0.1) is 11.3 Å². The molecule has 0 fully saturated rings. The molecule has 1 rings (SSSR count). The van der Waals surface area contributed by atoms with Crippen molar-refractivity contribution in [1.82, 2.24) is 0 Å². The molecule has 1 unspecified atom stereocenters. The van der Waals surface area contributed by atoms with Crippen LogP contribution in [-0.2, 0) is 0 Å². The maximum absolute atomic E-state index is 9.25. The van der Waals surface area contributed by atoms with Gasteiger partial charge in [0, 0.05) is 11.4 Å². The third-order valence-corrected chi connectivity index (χ3v) is 2.08. The van der Waals surface area contributed by atoms with E-state index in [9.17, 15) is 5.11 Å². The summed E-state index contributed by atoms with van der Waals surface area (Å²) < 4.78 is 5.35. The number of halogens is 1. The lowest BCUT2D eigenvalue weighted by molar-refractivity contribution is 0.143. The van der Waals surface area contributed by atoms with Gasteiger partial charge in [-0.25, -0.2) is 0 Å². The number of nitrogens with zero attached hydrogens (tertiary/aromatic N) is 1. The van der Waals surface area contributed by atoms with Gasteiger partial charge in [0.05, 0.1) is 25.2 Å². The average Bonchev–Trinajstić information content (AvgIpc) is 2.18. The predicted octanol–water partition coefficient (Wildman–Crippen LogP) is 2.38. The number of ether oxygens (including phenoxy) is 1. The van der Waals surface area contributed by atoms with Crippen LogP contribution in [0.1, 0.15) is 12.8 Å². The van der Waals surface area contributed by atoms with Crippen molar-refractivity contribution in [3.05, 3.63) is 29.3 Å². The van der Waals surface area contributed by atoms with E-state index in [1.807, 2.05) is 6.07 Å². The summed E-state index contributed by atoms with van der Waals surface area (Å²) in [5, 5.41) is 18.2. The molecule has 0 aromatic heterocycles. The van der Waals surface area contributed by atoms with E-state index in [-0.39, 0.29) is 6.42 Å². The van der Waals surface area contributed by atoms with E-state index in [0.717, 1.165) is 0 Å². The van der Waals surface area contributed by atoms with Gasteiger partial charge in [-0.1, -0.05) is 17.7 Å². The molecule has 15 heavy (non-hydrogen) atoms. The Morgan fingerprint density at radius 3 is 3.00 bits per heavy atom. The lowest BCUT2D eigenvalue weighted by atomic mass is 10.2. The topological polar surface area (TPSA) is 53.2 Å². The largest absolute Gasteiger partial charge is 0.493 e. The summed E-state index contributed by atoms with van der Waals surface area (Å²) in [5.74, 6) is 0.673. The highest BCUT2D eigenvalue weighted by molar-refractivity contribution is 6.30. The number of hydrogen-bond donors (Lipinski definition) is 1. The molecule has 1 N–H and O–H groups in total. The third-order valence-electron chi connectivity index (χ3n) is 1.84. The highest BCUT2D eigenvalue weighted by Gasteiger charge is 2.03.